The molecule has 1 aliphatic heterocycles. The Bertz CT molecular complexity index is 1720. The summed E-state index contributed by atoms with van der Waals surface area (Å²) < 4.78 is 40.3. The minimum atomic E-state index is -3.76. The number of aromatic nitrogens is 4. The van der Waals surface area contributed by atoms with E-state index in [-0.39, 0.29) is 34.2 Å². The summed E-state index contributed by atoms with van der Waals surface area (Å²) in [6.07, 6.45) is 5.58. The minimum absolute atomic E-state index is 0.0586. The first kappa shape index (κ1) is 30.0. The summed E-state index contributed by atoms with van der Waals surface area (Å²) in [4.78, 5) is 33.9. The topological polar surface area (TPSA) is 136 Å². The number of hydrogen-bond acceptors (Lipinski definition) is 9. The average Bonchev–Trinajstić information content (AvgIpc) is 3.41. The van der Waals surface area contributed by atoms with Gasteiger partial charge in [-0.3, -0.25) is 9.69 Å². The molecule has 0 saturated carbocycles. The van der Waals surface area contributed by atoms with Crippen molar-refractivity contribution in [1.29, 1.82) is 0 Å². The third kappa shape index (κ3) is 6.02. The summed E-state index contributed by atoms with van der Waals surface area (Å²) >= 11 is 3.51. The molecule has 1 aromatic carbocycles. The van der Waals surface area contributed by atoms with E-state index in [1.165, 1.54) is 31.3 Å². The lowest BCUT2D eigenvalue weighted by molar-refractivity contribution is -0.122. The van der Waals surface area contributed by atoms with E-state index >= 15 is 4.39 Å². The van der Waals surface area contributed by atoms with Crippen LogP contribution < -0.4 is 10.6 Å². The molecule has 1 atom stereocenters. The predicted octanol–water partition coefficient (Wildman–Crippen LogP) is 4.42. The van der Waals surface area contributed by atoms with Gasteiger partial charge < -0.3 is 20.5 Å². The molecule has 1 saturated heterocycles. The Labute approximate surface area is 252 Å². The molecule has 42 heavy (non-hydrogen) atoms. The van der Waals surface area contributed by atoms with Crippen molar-refractivity contribution in [2.24, 2.45) is 0 Å². The molecular formula is C28H32BrFN8O3S. The summed E-state index contributed by atoms with van der Waals surface area (Å²) in [5.41, 5.74) is 1.78. The van der Waals surface area contributed by atoms with Crippen LogP contribution in [-0.4, -0.2) is 89.1 Å². The first-order valence-electron chi connectivity index (χ1n) is 13.6. The number of amides is 1. The highest BCUT2D eigenvalue weighted by Gasteiger charge is 2.28. The number of carbonyl (C=O) groups is 1. The second kappa shape index (κ2) is 12.4. The van der Waals surface area contributed by atoms with Crippen LogP contribution in [0.4, 0.5) is 21.8 Å². The molecule has 0 radical (unpaired) electrons. The third-order valence-corrected chi connectivity index (χ3v) is 9.76. The fourth-order valence-electron chi connectivity index (χ4n) is 5.03. The highest BCUT2D eigenvalue weighted by atomic mass is 79.9. The van der Waals surface area contributed by atoms with E-state index in [4.69, 9.17) is 0 Å². The monoisotopic (exact) mass is 658 g/mol. The van der Waals surface area contributed by atoms with Gasteiger partial charge in [0.15, 0.2) is 21.5 Å². The number of sulfone groups is 1. The number of H-pyrrole nitrogens is 1. The molecule has 222 valence electrons. The molecule has 5 rings (SSSR count). The molecule has 4 aromatic rings. The van der Waals surface area contributed by atoms with Crippen LogP contribution in [0.1, 0.15) is 20.3 Å². The number of hydrogen-bond donors (Lipinski definition) is 3. The van der Waals surface area contributed by atoms with Gasteiger partial charge >= 0.3 is 0 Å². The standard InChI is InChI=1S/C28H32BrFN8O3S/c1-4-21(38-13-11-37(3)12-14-38)27(39)36-26-25-17(9-10-31-26)18(15-32-25)24-19(29)16-33-28(35-24)34-20-7-6-8-22(23(20)30)42(40,41)5-2/h6-10,15-16,21,32H,4-5,11-14H2,1-3H3,(H,31,36,39)(H,33,34,35). The first-order chi connectivity index (χ1) is 20.1. The van der Waals surface area contributed by atoms with E-state index < -0.39 is 15.7 Å². The largest absolute Gasteiger partial charge is 0.357 e. The van der Waals surface area contributed by atoms with Crippen LogP contribution in [0.25, 0.3) is 22.2 Å². The lowest BCUT2D eigenvalue weighted by atomic mass is 10.1. The first-order valence-corrected chi connectivity index (χ1v) is 16.1. The zero-order valence-corrected chi connectivity index (χ0v) is 25.9. The van der Waals surface area contributed by atoms with Crippen molar-refractivity contribution in [2.75, 3.05) is 49.6 Å². The van der Waals surface area contributed by atoms with Crippen molar-refractivity contribution >= 4 is 60.0 Å². The summed E-state index contributed by atoms with van der Waals surface area (Å²) in [6, 6.07) is 5.67. The van der Waals surface area contributed by atoms with Crippen LogP contribution >= 0.6 is 15.9 Å². The zero-order valence-electron chi connectivity index (χ0n) is 23.5. The molecule has 3 N–H and O–H groups in total. The summed E-state index contributed by atoms with van der Waals surface area (Å²) in [6.45, 7) is 6.95. The smallest absolute Gasteiger partial charge is 0.242 e. The lowest BCUT2D eigenvalue weighted by Crippen LogP contribution is -2.52. The average molecular weight is 660 g/mol. The molecule has 1 fully saturated rings. The van der Waals surface area contributed by atoms with Gasteiger partial charge in [0.2, 0.25) is 11.9 Å². The van der Waals surface area contributed by atoms with E-state index in [1.54, 1.807) is 12.4 Å². The molecule has 0 spiro atoms. The van der Waals surface area contributed by atoms with Crippen LogP contribution in [0.5, 0.6) is 0 Å². The molecule has 0 bridgehead atoms. The van der Waals surface area contributed by atoms with Gasteiger partial charge in [-0.25, -0.2) is 27.8 Å². The van der Waals surface area contributed by atoms with E-state index in [2.05, 4.69) is 63.3 Å². The maximum absolute atomic E-state index is 15.1. The van der Waals surface area contributed by atoms with Crippen molar-refractivity contribution in [3.63, 3.8) is 0 Å². The van der Waals surface area contributed by atoms with Gasteiger partial charge in [-0.2, -0.15) is 0 Å². The summed E-state index contributed by atoms with van der Waals surface area (Å²) in [7, 11) is -1.67. The number of rotatable bonds is 9. The van der Waals surface area contributed by atoms with E-state index in [0.717, 1.165) is 31.6 Å². The number of fused-ring (bicyclic) bond motifs is 1. The number of anilines is 3. The van der Waals surface area contributed by atoms with Crippen LogP contribution in [0.2, 0.25) is 0 Å². The van der Waals surface area contributed by atoms with Gasteiger partial charge in [-0.1, -0.05) is 19.9 Å². The number of benzene rings is 1. The van der Waals surface area contributed by atoms with Gasteiger partial charge in [-0.05, 0) is 47.6 Å². The number of carbonyl (C=O) groups excluding carboxylic acids is 1. The Morgan fingerprint density at radius 1 is 1.17 bits per heavy atom. The lowest BCUT2D eigenvalue weighted by Gasteiger charge is -2.36. The number of piperazine rings is 1. The molecule has 1 amide bonds. The molecule has 14 heteroatoms. The molecule has 1 unspecified atom stereocenters. The van der Waals surface area contributed by atoms with Crippen molar-refractivity contribution < 1.29 is 17.6 Å². The maximum Gasteiger partial charge on any atom is 0.242 e. The molecule has 3 aromatic heterocycles. The van der Waals surface area contributed by atoms with Crippen molar-refractivity contribution in [3.05, 3.63) is 53.1 Å². The van der Waals surface area contributed by atoms with Crippen molar-refractivity contribution in [3.8, 4) is 11.3 Å². The quantitative estimate of drug-likeness (QED) is 0.239. The number of pyridine rings is 1. The molecule has 0 aliphatic carbocycles. The number of aromatic amines is 1. The van der Waals surface area contributed by atoms with Gasteiger partial charge in [0.1, 0.15) is 4.90 Å². The normalized spacial score (nSPS) is 15.5. The van der Waals surface area contributed by atoms with Gasteiger partial charge in [0, 0.05) is 55.7 Å². The minimum Gasteiger partial charge on any atom is -0.357 e. The zero-order chi connectivity index (χ0) is 30.0. The molecule has 4 heterocycles. The Balaban J connectivity index is 1.43. The Morgan fingerprint density at radius 3 is 2.64 bits per heavy atom. The Morgan fingerprint density at radius 2 is 1.93 bits per heavy atom. The fourth-order valence-corrected chi connectivity index (χ4v) is 6.41. The number of halogens is 2. The second-order valence-corrected chi connectivity index (χ2v) is 13.2. The maximum atomic E-state index is 15.1. The fraction of sp³-hybridized carbons (Fsp3) is 0.357. The van der Waals surface area contributed by atoms with Crippen LogP contribution in [-0.2, 0) is 14.6 Å². The highest BCUT2D eigenvalue weighted by molar-refractivity contribution is 9.10. The van der Waals surface area contributed by atoms with E-state index in [9.17, 15) is 13.2 Å². The molecular weight excluding hydrogens is 627 g/mol. The van der Waals surface area contributed by atoms with Crippen LogP contribution in [0.15, 0.2) is 52.2 Å². The molecule has 11 nitrogen and oxygen atoms in total. The Hall–Kier alpha value is -3.46. The second-order valence-electron chi connectivity index (χ2n) is 10.1. The van der Waals surface area contributed by atoms with Gasteiger partial charge in [0.05, 0.1) is 33.2 Å². The van der Waals surface area contributed by atoms with Gasteiger partial charge in [-0.15, -0.1) is 0 Å². The molecule has 1 aliphatic rings. The van der Waals surface area contributed by atoms with E-state index in [1.807, 2.05) is 13.0 Å². The third-order valence-electron chi connectivity index (χ3n) is 7.44. The van der Waals surface area contributed by atoms with Crippen molar-refractivity contribution in [1.82, 2.24) is 29.7 Å². The number of nitrogens with one attached hydrogen (secondary N) is 3. The summed E-state index contributed by atoms with van der Waals surface area (Å²) in [5.74, 6) is -0.738. The highest BCUT2D eigenvalue weighted by Crippen LogP contribution is 2.35. The number of nitrogens with zero attached hydrogens (tertiary/aromatic N) is 5. The van der Waals surface area contributed by atoms with Crippen LogP contribution in [0.3, 0.4) is 0 Å². The number of likely N-dealkylation sites (N-methyl/N-ethyl adjacent to an activating group) is 1. The van der Waals surface area contributed by atoms with Crippen molar-refractivity contribution in [2.45, 2.75) is 31.2 Å². The predicted molar refractivity (Wildman–Crippen MR) is 164 cm³/mol. The SMILES string of the molecule is CCC(C(=O)Nc1nccc2c(-c3nc(Nc4cccc(S(=O)(=O)CC)c4F)ncc3Br)c[nH]c12)N1CCN(C)CC1. The van der Waals surface area contributed by atoms with Crippen LogP contribution in [0, 0.1) is 5.82 Å². The van der Waals surface area contributed by atoms with E-state index in [0.29, 0.717) is 33.5 Å². The summed E-state index contributed by atoms with van der Waals surface area (Å²) in [5, 5.41) is 6.58. The van der Waals surface area contributed by atoms with Gasteiger partial charge in [0.25, 0.3) is 0 Å². The Kier molecular flexibility index (Phi) is 8.87.